The molecule has 0 fully saturated rings. The zero-order valence-corrected chi connectivity index (χ0v) is 28.4. The van der Waals surface area contributed by atoms with Gasteiger partial charge in [0.2, 0.25) is 0 Å². The Labute approximate surface area is 290 Å². The van der Waals surface area contributed by atoms with E-state index in [2.05, 4.69) is 171 Å². The molecule has 8 rings (SSSR count). The van der Waals surface area contributed by atoms with Gasteiger partial charge in [0, 0.05) is 5.69 Å². The van der Waals surface area contributed by atoms with Gasteiger partial charge in [-0.1, -0.05) is 139 Å². The number of rotatable bonds is 6. The first kappa shape index (κ1) is 31.7. The number of ether oxygens (including phenoxy) is 1. The van der Waals surface area contributed by atoms with Gasteiger partial charge in [0.25, 0.3) is 0 Å². The average Bonchev–Trinajstić information content (AvgIpc) is 3.14. The number of aryl methyl sites for hydroxylation is 3. The molecule has 0 saturated carbocycles. The predicted octanol–water partition coefficient (Wildman–Crippen LogP) is 12.7. The van der Waals surface area contributed by atoms with Crippen molar-refractivity contribution in [3.8, 4) is 22.6 Å². The molecular weight excluding hydrogens is 595 g/mol. The van der Waals surface area contributed by atoms with Gasteiger partial charge in [0.05, 0.1) is 11.4 Å². The standard InChI is InChI=1S/C33H27NO.C14H14/c1-24-10-12-25(13-11-24)22-26-14-16-27(17-15-26)23-28-18-20-29(21-19-28)34-30-6-2-4-8-32(30)35-33-9-5-3-7-31(33)34;1-11-7-3-5-9-13(11)14-10-6-4-8-12(14)2/h2-21H,22-23H2,1H3;3-10H,1-2H3. The van der Waals surface area contributed by atoms with Crippen LogP contribution in [0.2, 0.25) is 0 Å². The molecule has 2 nitrogen and oxygen atoms in total. The van der Waals surface area contributed by atoms with Crippen LogP contribution in [0.4, 0.5) is 17.1 Å². The number of nitrogens with zero attached hydrogens (tertiary/aromatic N) is 1. The predicted molar refractivity (Wildman–Crippen MR) is 206 cm³/mol. The lowest BCUT2D eigenvalue weighted by Crippen LogP contribution is -2.15. The summed E-state index contributed by atoms with van der Waals surface area (Å²) in [6, 6.07) is 60.1. The number of hydrogen-bond acceptors (Lipinski definition) is 2. The van der Waals surface area contributed by atoms with Crippen LogP contribution in [-0.2, 0) is 12.8 Å². The Morgan fingerprint density at radius 2 is 0.755 bits per heavy atom. The summed E-state index contributed by atoms with van der Waals surface area (Å²) in [6.45, 7) is 6.44. The van der Waals surface area contributed by atoms with Crippen LogP contribution >= 0.6 is 0 Å². The third-order valence-corrected chi connectivity index (χ3v) is 9.17. The van der Waals surface area contributed by atoms with Gasteiger partial charge in [-0.2, -0.15) is 0 Å². The molecule has 0 spiro atoms. The van der Waals surface area contributed by atoms with Gasteiger partial charge in [0.1, 0.15) is 0 Å². The molecule has 0 bridgehead atoms. The van der Waals surface area contributed by atoms with Crippen molar-refractivity contribution in [2.75, 3.05) is 4.90 Å². The highest BCUT2D eigenvalue weighted by molar-refractivity contribution is 5.86. The third-order valence-electron chi connectivity index (χ3n) is 9.17. The van der Waals surface area contributed by atoms with Gasteiger partial charge < -0.3 is 9.64 Å². The van der Waals surface area contributed by atoms with Crippen molar-refractivity contribution in [3.63, 3.8) is 0 Å². The highest BCUT2D eigenvalue weighted by atomic mass is 16.5. The summed E-state index contributed by atoms with van der Waals surface area (Å²) in [5.74, 6) is 1.75. The van der Waals surface area contributed by atoms with Crippen LogP contribution in [0.25, 0.3) is 11.1 Å². The fraction of sp³-hybridized carbons (Fsp3) is 0.106. The van der Waals surface area contributed by atoms with E-state index in [4.69, 9.17) is 4.74 Å². The lowest BCUT2D eigenvalue weighted by Gasteiger charge is -2.32. The molecule has 49 heavy (non-hydrogen) atoms. The number of benzene rings is 7. The summed E-state index contributed by atoms with van der Waals surface area (Å²) in [5, 5.41) is 0. The minimum Gasteiger partial charge on any atom is -0.453 e. The molecule has 7 aromatic rings. The quantitative estimate of drug-likeness (QED) is 0.180. The molecular formula is C47H41NO. The van der Waals surface area contributed by atoms with Crippen molar-refractivity contribution >= 4 is 17.1 Å². The topological polar surface area (TPSA) is 12.5 Å². The molecule has 0 aliphatic carbocycles. The molecule has 7 aromatic carbocycles. The van der Waals surface area contributed by atoms with Gasteiger partial charge in [-0.05, 0) is 115 Å². The molecule has 0 N–H and O–H groups in total. The lowest BCUT2D eigenvalue weighted by atomic mass is 9.97. The van der Waals surface area contributed by atoms with Crippen LogP contribution in [0.1, 0.15) is 38.9 Å². The zero-order valence-electron chi connectivity index (χ0n) is 28.4. The van der Waals surface area contributed by atoms with E-state index in [1.807, 2.05) is 24.3 Å². The van der Waals surface area contributed by atoms with E-state index < -0.39 is 0 Å². The Morgan fingerprint density at radius 3 is 1.20 bits per heavy atom. The van der Waals surface area contributed by atoms with Crippen molar-refractivity contribution in [2.24, 2.45) is 0 Å². The monoisotopic (exact) mass is 635 g/mol. The smallest absolute Gasteiger partial charge is 0.151 e. The van der Waals surface area contributed by atoms with Crippen LogP contribution in [0, 0.1) is 20.8 Å². The van der Waals surface area contributed by atoms with E-state index in [0.29, 0.717) is 0 Å². The summed E-state index contributed by atoms with van der Waals surface area (Å²) in [7, 11) is 0. The van der Waals surface area contributed by atoms with Gasteiger partial charge in [-0.15, -0.1) is 0 Å². The van der Waals surface area contributed by atoms with E-state index in [0.717, 1.165) is 41.4 Å². The normalized spacial score (nSPS) is 11.4. The summed E-state index contributed by atoms with van der Waals surface area (Å²) >= 11 is 0. The summed E-state index contributed by atoms with van der Waals surface area (Å²) < 4.78 is 6.14. The maximum absolute atomic E-state index is 6.14. The van der Waals surface area contributed by atoms with E-state index >= 15 is 0 Å². The molecule has 240 valence electrons. The highest BCUT2D eigenvalue weighted by Crippen LogP contribution is 2.50. The summed E-state index contributed by atoms with van der Waals surface area (Å²) in [6.07, 6.45) is 1.89. The fourth-order valence-electron chi connectivity index (χ4n) is 6.45. The molecule has 0 unspecified atom stereocenters. The first-order valence-corrected chi connectivity index (χ1v) is 17.0. The van der Waals surface area contributed by atoms with Gasteiger partial charge in [0.15, 0.2) is 11.5 Å². The third kappa shape index (κ3) is 7.35. The van der Waals surface area contributed by atoms with Gasteiger partial charge in [-0.25, -0.2) is 0 Å². The highest BCUT2D eigenvalue weighted by Gasteiger charge is 2.25. The molecule has 0 radical (unpaired) electrons. The van der Waals surface area contributed by atoms with E-state index in [1.165, 1.54) is 50.1 Å². The molecule has 1 aliphatic heterocycles. The van der Waals surface area contributed by atoms with Crippen LogP contribution in [0.5, 0.6) is 11.5 Å². The molecule has 0 saturated heterocycles. The minimum atomic E-state index is 0.876. The fourth-order valence-corrected chi connectivity index (χ4v) is 6.45. The molecule has 0 atom stereocenters. The molecule has 2 heteroatoms. The second-order valence-corrected chi connectivity index (χ2v) is 12.8. The molecule has 1 heterocycles. The number of hydrogen-bond donors (Lipinski definition) is 0. The van der Waals surface area contributed by atoms with Crippen molar-refractivity contribution < 1.29 is 4.74 Å². The van der Waals surface area contributed by atoms with Crippen molar-refractivity contribution in [2.45, 2.75) is 33.6 Å². The zero-order chi connectivity index (χ0) is 33.6. The maximum Gasteiger partial charge on any atom is 0.151 e. The van der Waals surface area contributed by atoms with Crippen LogP contribution in [0.15, 0.2) is 170 Å². The van der Waals surface area contributed by atoms with E-state index in [9.17, 15) is 0 Å². The van der Waals surface area contributed by atoms with E-state index in [1.54, 1.807) is 0 Å². The van der Waals surface area contributed by atoms with Gasteiger partial charge in [-0.3, -0.25) is 0 Å². The average molecular weight is 636 g/mol. The lowest BCUT2D eigenvalue weighted by molar-refractivity contribution is 0.477. The van der Waals surface area contributed by atoms with Crippen molar-refractivity contribution in [1.82, 2.24) is 0 Å². The Kier molecular flexibility index (Phi) is 9.39. The minimum absolute atomic E-state index is 0.876. The van der Waals surface area contributed by atoms with Crippen LogP contribution < -0.4 is 9.64 Å². The Morgan fingerprint density at radius 1 is 0.388 bits per heavy atom. The summed E-state index contributed by atoms with van der Waals surface area (Å²) in [5.41, 5.74) is 15.2. The van der Waals surface area contributed by atoms with Crippen LogP contribution in [0.3, 0.4) is 0 Å². The second-order valence-electron chi connectivity index (χ2n) is 12.8. The summed E-state index contributed by atoms with van der Waals surface area (Å²) in [4.78, 5) is 2.28. The maximum atomic E-state index is 6.14. The number of fused-ring (bicyclic) bond motifs is 2. The molecule has 0 aromatic heterocycles. The Bertz CT molecular complexity index is 2070. The van der Waals surface area contributed by atoms with E-state index in [-0.39, 0.29) is 0 Å². The first-order valence-electron chi connectivity index (χ1n) is 17.0. The Hall–Kier alpha value is -5.86. The van der Waals surface area contributed by atoms with Crippen LogP contribution in [-0.4, -0.2) is 0 Å². The molecule has 0 amide bonds. The first-order chi connectivity index (χ1) is 24.0. The van der Waals surface area contributed by atoms with Crippen molar-refractivity contribution in [1.29, 1.82) is 0 Å². The van der Waals surface area contributed by atoms with Crippen molar-refractivity contribution in [3.05, 3.63) is 209 Å². The largest absolute Gasteiger partial charge is 0.453 e. The molecule has 1 aliphatic rings. The number of anilines is 3. The number of para-hydroxylation sites is 4. The van der Waals surface area contributed by atoms with Gasteiger partial charge >= 0.3 is 0 Å². The second kappa shape index (κ2) is 14.5. The Balaban J connectivity index is 0.000000226. The SMILES string of the molecule is Cc1ccc(Cc2ccc(Cc3ccc(N4c5ccccc5Oc5ccccc54)cc3)cc2)cc1.Cc1ccccc1-c1ccccc1C.